The number of rotatable bonds is 3. The molecule has 0 unspecified atom stereocenters. The molecule has 1 aliphatic heterocycles. The molecule has 0 atom stereocenters. The number of aromatic hydroxyl groups is 1. The zero-order valence-corrected chi connectivity index (χ0v) is 21.8. The minimum atomic E-state index is -0.201. The van der Waals surface area contributed by atoms with Crippen LogP contribution in [0.15, 0.2) is 121 Å². The van der Waals surface area contributed by atoms with Crippen LogP contribution < -0.4 is 4.90 Å². The molecule has 39 heavy (non-hydrogen) atoms. The van der Waals surface area contributed by atoms with Gasteiger partial charge in [0.1, 0.15) is 17.1 Å². The van der Waals surface area contributed by atoms with Crippen LogP contribution in [0.1, 0.15) is 25.0 Å². The molecule has 7 rings (SSSR count). The van der Waals surface area contributed by atoms with Crippen molar-refractivity contribution >= 4 is 28.1 Å². The highest BCUT2D eigenvalue weighted by Crippen LogP contribution is 2.52. The fourth-order valence-corrected chi connectivity index (χ4v) is 5.77. The van der Waals surface area contributed by atoms with E-state index in [0.29, 0.717) is 5.52 Å². The van der Waals surface area contributed by atoms with Crippen LogP contribution in [0, 0.1) is 0 Å². The van der Waals surface area contributed by atoms with Crippen molar-refractivity contribution in [1.29, 1.82) is 0 Å². The third-order valence-electron chi connectivity index (χ3n) is 7.81. The highest BCUT2D eigenvalue weighted by atomic mass is 16.3. The van der Waals surface area contributed by atoms with E-state index in [1.807, 2.05) is 36.5 Å². The number of para-hydroxylation sites is 2. The lowest BCUT2D eigenvalue weighted by Gasteiger charge is -2.41. The number of aromatic nitrogens is 2. The Balaban J connectivity index is 1.44. The Morgan fingerprint density at radius 3 is 2.31 bits per heavy atom. The summed E-state index contributed by atoms with van der Waals surface area (Å²) in [5.74, 6) is 1.05. The van der Waals surface area contributed by atoms with Gasteiger partial charge in [-0.25, -0.2) is 9.97 Å². The fourth-order valence-electron chi connectivity index (χ4n) is 5.77. The Morgan fingerprint density at radius 2 is 1.44 bits per heavy atom. The molecule has 188 valence electrons. The van der Waals surface area contributed by atoms with Crippen molar-refractivity contribution in [3.63, 3.8) is 0 Å². The van der Waals surface area contributed by atoms with Crippen LogP contribution >= 0.6 is 0 Å². The van der Waals surface area contributed by atoms with Gasteiger partial charge >= 0.3 is 0 Å². The minimum absolute atomic E-state index is 0.186. The van der Waals surface area contributed by atoms with E-state index in [1.54, 1.807) is 6.07 Å². The summed E-state index contributed by atoms with van der Waals surface area (Å²) in [5.41, 5.74) is 9.15. The summed E-state index contributed by atoms with van der Waals surface area (Å²) in [6, 6.07) is 39.3. The lowest BCUT2D eigenvalue weighted by Crippen LogP contribution is -2.31. The van der Waals surface area contributed by atoms with Crippen molar-refractivity contribution in [2.24, 2.45) is 0 Å². The van der Waals surface area contributed by atoms with Gasteiger partial charge in [0, 0.05) is 22.6 Å². The Labute approximate surface area is 227 Å². The van der Waals surface area contributed by atoms with Crippen molar-refractivity contribution in [2.45, 2.75) is 19.3 Å². The molecule has 4 nitrogen and oxygen atoms in total. The summed E-state index contributed by atoms with van der Waals surface area (Å²) in [6.07, 6.45) is 1.89. The molecule has 0 spiro atoms. The molecule has 4 aromatic carbocycles. The van der Waals surface area contributed by atoms with Crippen LogP contribution in [0.2, 0.25) is 0 Å². The van der Waals surface area contributed by atoms with Crippen LogP contribution in [0.4, 0.5) is 17.2 Å². The van der Waals surface area contributed by atoms with Gasteiger partial charge in [0.15, 0.2) is 0 Å². The second-order valence-electron chi connectivity index (χ2n) is 10.5. The SMILES string of the molecule is CC1(C)c2ccccc2N(c2cc(-c3ccccc3)ccn2)c2cc(-c3ccc4cccc(O)c4n3)ccc21. The zero-order chi connectivity index (χ0) is 26.6. The number of pyridine rings is 2. The lowest BCUT2D eigenvalue weighted by atomic mass is 9.73. The average Bonchev–Trinajstić information content (AvgIpc) is 2.98. The monoisotopic (exact) mass is 505 g/mol. The summed E-state index contributed by atoms with van der Waals surface area (Å²) in [4.78, 5) is 12.0. The van der Waals surface area contributed by atoms with E-state index in [-0.39, 0.29) is 11.2 Å². The van der Waals surface area contributed by atoms with Crippen LogP contribution in [-0.2, 0) is 5.41 Å². The zero-order valence-electron chi connectivity index (χ0n) is 21.8. The molecule has 3 heterocycles. The van der Waals surface area contributed by atoms with Crippen LogP contribution in [0.5, 0.6) is 5.75 Å². The number of fused-ring (bicyclic) bond motifs is 3. The van der Waals surface area contributed by atoms with Gasteiger partial charge in [0.25, 0.3) is 0 Å². The van der Waals surface area contributed by atoms with Crippen LogP contribution in [0.25, 0.3) is 33.3 Å². The molecule has 0 bridgehead atoms. The van der Waals surface area contributed by atoms with Gasteiger partial charge in [-0.15, -0.1) is 0 Å². The normalized spacial score (nSPS) is 13.6. The van der Waals surface area contributed by atoms with Gasteiger partial charge in [-0.3, -0.25) is 4.90 Å². The molecule has 2 aromatic heterocycles. The quantitative estimate of drug-likeness (QED) is 0.261. The number of phenols is 1. The van der Waals surface area contributed by atoms with Crippen molar-refractivity contribution in [3.8, 4) is 28.1 Å². The number of hydrogen-bond donors (Lipinski definition) is 1. The van der Waals surface area contributed by atoms with Gasteiger partial charge in [-0.1, -0.05) is 92.7 Å². The highest BCUT2D eigenvalue weighted by Gasteiger charge is 2.37. The maximum atomic E-state index is 10.4. The van der Waals surface area contributed by atoms with Gasteiger partial charge in [0.05, 0.1) is 17.1 Å². The van der Waals surface area contributed by atoms with E-state index in [0.717, 1.165) is 45.0 Å². The second kappa shape index (κ2) is 8.81. The Hall–Kier alpha value is -4.96. The Bertz CT molecular complexity index is 1860. The van der Waals surface area contributed by atoms with E-state index in [9.17, 15) is 5.11 Å². The first-order valence-corrected chi connectivity index (χ1v) is 13.2. The van der Waals surface area contributed by atoms with E-state index in [1.165, 1.54) is 11.1 Å². The summed E-state index contributed by atoms with van der Waals surface area (Å²) >= 11 is 0. The predicted octanol–water partition coefficient (Wildman–Crippen LogP) is 8.78. The minimum Gasteiger partial charge on any atom is -0.506 e. The highest BCUT2D eigenvalue weighted by molar-refractivity contribution is 5.90. The second-order valence-corrected chi connectivity index (χ2v) is 10.5. The summed E-state index contributed by atoms with van der Waals surface area (Å²) in [7, 11) is 0. The average molecular weight is 506 g/mol. The topological polar surface area (TPSA) is 49.2 Å². The van der Waals surface area contributed by atoms with E-state index >= 15 is 0 Å². The maximum Gasteiger partial charge on any atom is 0.141 e. The van der Waals surface area contributed by atoms with Crippen molar-refractivity contribution in [3.05, 3.63) is 133 Å². The predicted molar refractivity (Wildman–Crippen MR) is 159 cm³/mol. The molecule has 0 saturated carbocycles. The Morgan fingerprint density at radius 1 is 0.641 bits per heavy atom. The molecular formula is C35H27N3O. The van der Waals surface area contributed by atoms with Crippen molar-refractivity contribution in [1.82, 2.24) is 9.97 Å². The molecule has 0 amide bonds. The number of phenolic OH excluding ortho intramolecular Hbond substituents is 1. The largest absolute Gasteiger partial charge is 0.506 e. The number of nitrogens with zero attached hydrogens (tertiary/aromatic N) is 3. The van der Waals surface area contributed by atoms with Gasteiger partial charge in [0.2, 0.25) is 0 Å². The van der Waals surface area contributed by atoms with Crippen LogP contribution in [-0.4, -0.2) is 15.1 Å². The van der Waals surface area contributed by atoms with Crippen molar-refractivity contribution in [2.75, 3.05) is 4.90 Å². The number of benzene rings is 4. The fraction of sp³-hybridized carbons (Fsp3) is 0.0857. The first kappa shape index (κ1) is 23.2. The molecule has 6 aromatic rings. The first-order chi connectivity index (χ1) is 19.0. The molecule has 0 aliphatic carbocycles. The van der Waals surface area contributed by atoms with Crippen LogP contribution in [0.3, 0.4) is 0 Å². The molecule has 0 fully saturated rings. The van der Waals surface area contributed by atoms with Crippen molar-refractivity contribution < 1.29 is 5.11 Å². The molecule has 0 saturated heterocycles. The molecule has 4 heteroatoms. The molecule has 1 aliphatic rings. The third kappa shape index (κ3) is 3.76. The summed E-state index contributed by atoms with van der Waals surface area (Å²) in [5, 5.41) is 11.4. The van der Waals surface area contributed by atoms with E-state index in [2.05, 4.69) is 97.6 Å². The molecular weight excluding hydrogens is 478 g/mol. The van der Waals surface area contributed by atoms with Gasteiger partial charge in [-0.05, 0) is 58.7 Å². The summed E-state index contributed by atoms with van der Waals surface area (Å²) < 4.78 is 0. The Kier molecular flexibility index (Phi) is 5.24. The molecule has 0 radical (unpaired) electrons. The van der Waals surface area contributed by atoms with E-state index in [4.69, 9.17) is 9.97 Å². The smallest absolute Gasteiger partial charge is 0.141 e. The maximum absolute atomic E-state index is 10.4. The molecule has 1 N–H and O–H groups in total. The summed E-state index contributed by atoms with van der Waals surface area (Å²) in [6.45, 7) is 4.56. The lowest BCUT2D eigenvalue weighted by molar-refractivity contribution is 0.480. The number of anilines is 3. The van der Waals surface area contributed by atoms with Gasteiger partial charge < -0.3 is 5.11 Å². The van der Waals surface area contributed by atoms with Gasteiger partial charge in [-0.2, -0.15) is 0 Å². The standard InChI is InChI=1S/C35H27N3O/c1-35(2)27-12-6-7-13-30(27)38(33-22-25(19-20-36-33)23-9-4-3-5-10-23)31-21-26(15-17-28(31)35)29-18-16-24-11-8-14-32(39)34(24)37-29/h3-22,39H,1-2H3. The first-order valence-electron chi connectivity index (χ1n) is 13.2. The number of hydrogen-bond acceptors (Lipinski definition) is 4. The third-order valence-corrected chi connectivity index (χ3v) is 7.81. The van der Waals surface area contributed by atoms with E-state index < -0.39 is 0 Å².